The number of aliphatic hydroxyl groups is 2. The molecule has 1 rings (SSSR count). The molecule has 0 spiro atoms. The van der Waals surface area contributed by atoms with E-state index >= 15 is 0 Å². The highest BCUT2D eigenvalue weighted by Crippen LogP contribution is 2.15. The number of rotatable bonds is 4. The topological polar surface area (TPSA) is 40.5 Å². The van der Waals surface area contributed by atoms with E-state index < -0.39 is 12.2 Å². The van der Waals surface area contributed by atoms with Crippen LogP contribution in [0, 0.1) is 13.8 Å². The average molecular weight is 208 g/mol. The summed E-state index contributed by atoms with van der Waals surface area (Å²) >= 11 is 0. The van der Waals surface area contributed by atoms with Crippen molar-refractivity contribution in [3.8, 4) is 0 Å². The summed E-state index contributed by atoms with van der Waals surface area (Å²) in [6, 6.07) is 6.20. The van der Waals surface area contributed by atoms with Crippen molar-refractivity contribution in [3.63, 3.8) is 0 Å². The van der Waals surface area contributed by atoms with Gasteiger partial charge >= 0.3 is 0 Å². The van der Waals surface area contributed by atoms with Gasteiger partial charge < -0.3 is 10.2 Å². The van der Waals surface area contributed by atoms with Crippen LogP contribution in [0.1, 0.15) is 30.0 Å². The molecule has 0 saturated carbocycles. The molecule has 84 valence electrons. The van der Waals surface area contributed by atoms with Crippen LogP contribution in [0.3, 0.4) is 0 Å². The van der Waals surface area contributed by atoms with E-state index in [-0.39, 0.29) is 0 Å². The molecule has 0 aliphatic heterocycles. The molecule has 15 heavy (non-hydrogen) atoms. The van der Waals surface area contributed by atoms with Crippen LogP contribution < -0.4 is 0 Å². The summed E-state index contributed by atoms with van der Waals surface area (Å²) in [7, 11) is 0. The second-order valence-electron chi connectivity index (χ2n) is 4.21. The lowest BCUT2D eigenvalue weighted by Gasteiger charge is -2.14. The summed E-state index contributed by atoms with van der Waals surface area (Å²) in [5.41, 5.74) is 3.82. The Morgan fingerprint density at radius 1 is 1.20 bits per heavy atom. The molecular weight excluding hydrogens is 188 g/mol. The molecule has 0 radical (unpaired) electrons. The first kappa shape index (κ1) is 12.2. The molecule has 0 bridgehead atoms. The Kier molecular flexibility index (Phi) is 4.30. The molecular formula is C13H20O2. The van der Waals surface area contributed by atoms with Gasteiger partial charge in [0.2, 0.25) is 0 Å². The zero-order chi connectivity index (χ0) is 11.4. The Hall–Kier alpha value is -0.860. The average Bonchev–Trinajstić information content (AvgIpc) is 2.19. The third-order valence-electron chi connectivity index (χ3n) is 2.98. The second kappa shape index (κ2) is 5.29. The number of hydrogen-bond acceptors (Lipinski definition) is 2. The maximum atomic E-state index is 9.50. The van der Waals surface area contributed by atoms with E-state index in [4.69, 9.17) is 0 Å². The van der Waals surface area contributed by atoms with Crippen molar-refractivity contribution in [1.29, 1.82) is 0 Å². The maximum Gasteiger partial charge on any atom is 0.0799 e. The molecule has 1 aromatic carbocycles. The normalized spacial score (nSPS) is 15.0. The Morgan fingerprint density at radius 3 is 2.47 bits per heavy atom. The van der Waals surface area contributed by atoms with E-state index in [0.717, 1.165) is 6.42 Å². The van der Waals surface area contributed by atoms with Crippen LogP contribution in [0.4, 0.5) is 0 Å². The highest BCUT2D eigenvalue weighted by molar-refractivity contribution is 5.33. The SMILES string of the molecule is Cc1cccc(CCC(O)C(C)O)c1C. The third-order valence-corrected chi connectivity index (χ3v) is 2.98. The summed E-state index contributed by atoms with van der Waals surface area (Å²) in [6.45, 7) is 5.80. The van der Waals surface area contributed by atoms with Crippen LogP contribution in [0.15, 0.2) is 18.2 Å². The molecule has 0 aliphatic rings. The van der Waals surface area contributed by atoms with E-state index in [0.29, 0.717) is 6.42 Å². The molecule has 0 amide bonds. The molecule has 2 heteroatoms. The summed E-state index contributed by atoms with van der Waals surface area (Å²) in [5.74, 6) is 0. The lowest BCUT2D eigenvalue weighted by molar-refractivity contribution is 0.0265. The van der Waals surface area contributed by atoms with Crippen molar-refractivity contribution < 1.29 is 10.2 Å². The molecule has 0 heterocycles. The Labute approximate surface area is 91.6 Å². The Morgan fingerprint density at radius 2 is 1.87 bits per heavy atom. The quantitative estimate of drug-likeness (QED) is 0.794. The predicted molar refractivity (Wildman–Crippen MR) is 61.9 cm³/mol. The smallest absolute Gasteiger partial charge is 0.0799 e. The van der Waals surface area contributed by atoms with Gasteiger partial charge in [-0.2, -0.15) is 0 Å². The van der Waals surface area contributed by atoms with Gasteiger partial charge in [-0.15, -0.1) is 0 Å². The van der Waals surface area contributed by atoms with Crippen molar-refractivity contribution in [2.75, 3.05) is 0 Å². The molecule has 0 aromatic heterocycles. The van der Waals surface area contributed by atoms with E-state index in [2.05, 4.69) is 26.0 Å². The Balaban J connectivity index is 2.62. The van der Waals surface area contributed by atoms with Crippen molar-refractivity contribution >= 4 is 0 Å². The minimum absolute atomic E-state index is 0.613. The van der Waals surface area contributed by atoms with Crippen LogP contribution in [-0.4, -0.2) is 22.4 Å². The third kappa shape index (κ3) is 3.33. The van der Waals surface area contributed by atoms with Crippen molar-refractivity contribution in [2.45, 2.75) is 45.8 Å². The van der Waals surface area contributed by atoms with Gasteiger partial charge in [0.15, 0.2) is 0 Å². The Bertz CT molecular complexity index is 318. The number of hydrogen-bond donors (Lipinski definition) is 2. The first-order valence-corrected chi connectivity index (χ1v) is 5.43. The highest BCUT2D eigenvalue weighted by Gasteiger charge is 2.11. The van der Waals surface area contributed by atoms with Gasteiger partial charge in [-0.25, -0.2) is 0 Å². The lowest BCUT2D eigenvalue weighted by atomic mass is 9.97. The van der Waals surface area contributed by atoms with Crippen LogP contribution in [-0.2, 0) is 6.42 Å². The molecule has 0 saturated heterocycles. The summed E-state index contributed by atoms with van der Waals surface area (Å²) < 4.78 is 0. The van der Waals surface area contributed by atoms with E-state index in [9.17, 15) is 10.2 Å². The number of aliphatic hydroxyl groups excluding tert-OH is 2. The minimum Gasteiger partial charge on any atom is -0.391 e. The molecule has 0 fully saturated rings. The highest BCUT2D eigenvalue weighted by atomic mass is 16.3. The van der Waals surface area contributed by atoms with Gasteiger partial charge in [0, 0.05) is 0 Å². The summed E-state index contributed by atoms with van der Waals surface area (Å²) in [4.78, 5) is 0. The predicted octanol–water partition coefficient (Wildman–Crippen LogP) is 1.98. The van der Waals surface area contributed by atoms with E-state index in [1.54, 1.807) is 6.92 Å². The minimum atomic E-state index is -0.643. The van der Waals surface area contributed by atoms with Crippen LogP contribution >= 0.6 is 0 Å². The standard InChI is InChI=1S/C13H20O2/c1-9-5-4-6-12(10(9)2)7-8-13(15)11(3)14/h4-6,11,13-15H,7-8H2,1-3H3. The van der Waals surface area contributed by atoms with Gasteiger partial charge in [0.05, 0.1) is 12.2 Å². The monoisotopic (exact) mass is 208 g/mol. The number of benzene rings is 1. The van der Waals surface area contributed by atoms with Crippen molar-refractivity contribution in [2.24, 2.45) is 0 Å². The van der Waals surface area contributed by atoms with Crippen molar-refractivity contribution in [3.05, 3.63) is 34.9 Å². The lowest BCUT2D eigenvalue weighted by Crippen LogP contribution is -2.23. The van der Waals surface area contributed by atoms with E-state index in [1.165, 1.54) is 16.7 Å². The van der Waals surface area contributed by atoms with Crippen LogP contribution in [0.5, 0.6) is 0 Å². The molecule has 1 aromatic rings. The zero-order valence-electron chi connectivity index (χ0n) is 9.70. The van der Waals surface area contributed by atoms with Gasteiger partial charge in [-0.1, -0.05) is 18.2 Å². The maximum absolute atomic E-state index is 9.50. The van der Waals surface area contributed by atoms with Crippen LogP contribution in [0.2, 0.25) is 0 Å². The first-order valence-electron chi connectivity index (χ1n) is 5.43. The molecule has 0 aliphatic carbocycles. The molecule has 2 unspecified atom stereocenters. The number of aryl methyl sites for hydroxylation is 2. The van der Waals surface area contributed by atoms with Gasteiger partial charge in [0.25, 0.3) is 0 Å². The molecule has 2 N–H and O–H groups in total. The summed E-state index contributed by atoms with van der Waals surface area (Å²) in [5, 5.41) is 18.7. The summed E-state index contributed by atoms with van der Waals surface area (Å²) in [6.07, 6.45) is 0.168. The van der Waals surface area contributed by atoms with Crippen LogP contribution in [0.25, 0.3) is 0 Å². The van der Waals surface area contributed by atoms with Gasteiger partial charge in [-0.05, 0) is 50.3 Å². The second-order valence-corrected chi connectivity index (χ2v) is 4.21. The molecule has 2 atom stereocenters. The fourth-order valence-electron chi connectivity index (χ4n) is 1.63. The fourth-order valence-corrected chi connectivity index (χ4v) is 1.63. The van der Waals surface area contributed by atoms with Crippen molar-refractivity contribution in [1.82, 2.24) is 0 Å². The van der Waals surface area contributed by atoms with Gasteiger partial charge in [-0.3, -0.25) is 0 Å². The van der Waals surface area contributed by atoms with E-state index in [1.807, 2.05) is 6.07 Å². The first-order chi connectivity index (χ1) is 7.02. The zero-order valence-corrected chi connectivity index (χ0v) is 9.70. The van der Waals surface area contributed by atoms with Gasteiger partial charge in [0.1, 0.15) is 0 Å². The largest absolute Gasteiger partial charge is 0.391 e. The molecule has 2 nitrogen and oxygen atoms in total. The fraction of sp³-hybridized carbons (Fsp3) is 0.538.